The molecule has 182 valence electrons. The van der Waals surface area contributed by atoms with E-state index in [-0.39, 0.29) is 44.5 Å². The summed E-state index contributed by atoms with van der Waals surface area (Å²) in [7, 11) is 1.21. The molecule has 2 amide bonds. The number of nitrogens with two attached hydrogens (primary N) is 1. The number of nitrogen functional groups attached to an aromatic ring is 1. The van der Waals surface area contributed by atoms with Gasteiger partial charge >= 0.3 is 11.9 Å². The normalized spacial score (nSPS) is 19.8. The molecule has 2 aliphatic rings. The second-order valence-electron chi connectivity index (χ2n) is 6.95. The first-order valence-electron chi connectivity index (χ1n) is 9.44. The molecule has 0 spiro atoms. The van der Waals surface area contributed by atoms with E-state index in [0.717, 1.165) is 16.2 Å². The van der Waals surface area contributed by atoms with E-state index in [0.29, 0.717) is 0 Å². The van der Waals surface area contributed by atoms with E-state index in [2.05, 4.69) is 20.3 Å². The van der Waals surface area contributed by atoms with Crippen molar-refractivity contribution in [2.24, 2.45) is 5.16 Å². The number of carboxylic acids is 1. The molecule has 1 fully saturated rings. The fraction of sp³-hybridized carbons (Fsp3) is 0.389. The molecule has 1 saturated heterocycles. The molecule has 13 nitrogen and oxygen atoms in total. The lowest BCUT2D eigenvalue weighted by atomic mass is 10.0. The Morgan fingerprint density at radius 3 is 2.65 bits per heavy atom. The van der Waals surface area contributed by atoms with Crippen molar-refractivity contribution in [3.05, 3.63) is 21.3 Å². The maximum absolute atomic E-state index is 12.8. The van der Waals surface area contributed by atoms with Crippen molar-refractivity contribution in [3.63, 3.8) is 0 Å². The van der Waals surface area contributed by atoms with E-state index >= 15 is 0 Å². The number of β-lactam (4-membered cyclic amide) rings is 1. The van der Waals surface area contributed by atoms with E-state index < -0.39 is 47.4 Å². The molecule has 1 aromatic heterocycles. The second kappa shape index (κ2) is 10.4. The number of hydrogen-bond donors (Lipinski definition) is 3. The number of aromatic nitrogens is 1. The molecule has 0 bridgehead atoms. The highest BCUT2D eigenvalue weighted by Crippen LogP contribution is 2.40. The number of fused-ring (bicyclic) bond motifs is 1. The van der Waals surface area contributed by atoms with Crippen LogP contribution in [0.15, 0.2) is 16.4 Å². The number of aliphatic carboxylic acids is 1. The maximum Gasteiger partial charge on any atom is 0.352 e. The zero-order chi connectivity index (χ0) is 25.2. The largest absolute Gasteiger partial charge is 0.477 e. The molecule has 3 rings (SSSR count). The van der Waals surface area contributed by atoms with Crippen molar-refractivity contribution in [3.8, 4) is 0 Å². The molecule has 0 aliphatic carbocycles. The second-order valence-corrected chi connectivity index (χ2v) is 9.69. The molecule has 2 aliphatic heterocycles. The number of carboxylic acid groups (broad SMARTS) is 1. The topological polar surface area (TPSA) is 191 Å². The number of anilines is 1. The molecular weight excluding hydrogens is 514 g/mol. The number of ether oxygens (including phenoxy) is 1. The number of hydrogen-bond acceptors (Lipinski definition) is 12. The minimum atomic E-state index is -1.40. The number of thiazole rings is 1. The molecule has 4 N–H and O–H groups in total. The first-order chi connectivity index (χ1) is 16.0. The molecule has 34 heavy (non-hydrogen) atoms. The van der Waals surface area contributed by atoms with Crippen molar-refractivity contribution >= 4 is 75.1 Å². The minimum absolute atomic E-state index is 0.0239. The highest BCUT2D eigenvalue weighted by atomic mass is 35.5. The first-order valence-corrected chi connectivity index (χ1v) is 11.7. The molecule has 2 atom stereocenters. The third-order valence-electron chi connectivity index (χ3n) is 4.56. The van der Waals surface area contributed by atoms with Gasteiger partial charge in [-0.3, -0.25) is 24.1 Å². The fourth-order valence-electron chi connectivity index (χ4n) is 3.17. The van der Waals surface area contributed by atoms with Crippen LogP contribution in [0.4, 0.5) is 5.13 Å². The summed E-state index contributed by atoms with van der Waals surface area (Å²) in [5, 5.41) is 15.2. The van der Waals surface area contributed by atoms with Crippen LogP contribution in [0.1, 0.15) is 19.0 Å². The summed E-state index contributed by atoms with van der Waals surface area (Å²) in [6, 6.07) is -1.06. The van der Waals surface area contributed by atoms with Gasteiger partial charge in [-0.15, -0.1) is 11.8 Å². The van der Waals surface area contributed by atoms with E-state index in [4.69, 9.17) is 22.1 Å². The number of esters is 1. The average Bonchev–Trinajstić information content (AvgIpc) is 3.10. The van der Waals surface area contributed by atoms with Gasteiger partial charge in [0.05, 0.1) is 0 Å². The molecule has 0 saturated carbocycles. The fourth-order valence-corrected chi connectivity index (χ4v) is 5.43. The summed E-state index contributed by atoms with van der Waals surface area (Å²) >= 11 is 8.14. The van der Waals surface area contributed by atoms with Crippen LogP contribution >= 0.6 is 34.7 Å². The lowest BCUT2D eigenvalue weighted by Crippen LogP contribution is -2.71. The number of carbonyl (C=O) groups excluding carboxylic acids is 4. The monoisotopic (exact) mass is 531 g/mol. The Kier molecular flexibility index (Phi) is 7.78. The summed E-state index contributed by atoms with van der Waals surface area (Å²) in [6.45, 7) is 0.834. The van der Waals surface area contributed by atoms with Crippen LogP contribution in [0.2, 0.25) is 4.34 Å². The molecule has 0 radical (unpaired) electrons. The van der Waals surface area contributed by atoms with Gasteiger partial charge in [-0.2, -0.15) is 0 Å². The van der Waals surface area contributed by atoms with Gasteiger partial charge < -0.3 is 25.7 Å². The van der Waals surface area contributed by atoms with Gasteiger partial charge in [-0.25, -0.2) is 9.78 Å². The molecule has 3 heterocycles. The summed E-state index contributed by atoms with van der Waals surface area (Å²) in [5.41, 5.74) is 5.13. The number of ketones is 1. The van der Waals surface area contributed by atoms with Crippen molar-refractivity contribution in [2.75, 3.05) is 25.2 Å². The van der Waals surface area contributed by atoms with E-state index in [1.54, 1.807) is 0 Å². The highest BCUT2D eigenvalue weighted by molar-refractivity contribution is 8.00. The number of nitrogens with one attached hydrogen (secondary N) is 1. The number of amides is 2. The summed E-state index contributed by atoms with van der Waals surface area (Å²) in [6.07, 6.45) is -0.442. The lowest BCUT2D eigenvalue weighted by Gasteiger charge is -2.49. The molecular formula is C18H18ClN5O8S2. The molecule has 0 aromatic carbocycles. The third kappa shape index (κ3) is 5.15. The van der Waals surface area contributed by atoms with Gasteiger partial charge in [0.2, 0.25) is 0 Å². The van der Waals surface area contributed by atoms with Crippen LogP contribution in [-0.2, 0) is 33.5 Å². The van der Waals surface area contributed by atoms with Gasteiger partial charge in [0, 0.05) is 11.3 Å². The molecule has 16 heteroatoms. The first kappa shape index (κ1) is 25.5. The van der Waals surface area contributed by atoms with Crippen LogP contribution in [0.25, 0.3) is 0 Å². The highest BCUT2D eigenvalue weighted by Gasteiger charge is 2.54. The standard InChI is InChI=1S/C18H18ClN5O8S2/c1-6(25)3-8(26)32-4-7-5-33-16-11(15(28)24(16)12(7)17(29)30)21-14(27)10(23-31-2)9-13(19)34-18(20)22-9/h11,16H,3-5H2,1-2H3,(H2,20,22)(H,21,27)(H,29,30)/t11-,16+/m1/s1. The maximum atomic E-state index is 12.8. The van der Waals surface area contributed by atoms with E-state index in [1.165, 1.54) is 25.8 Å². The summed E-state index contributed by atoms with van der Waals surface area (Å²) < 4.78 is 5.06. The van der Waals surface area contributed by atoms with E-state index in [1.807, 2.05) is 0 Å². The van der Waals surface area contributed by atoms with Gasteiger partial charge in [-0.05, 0) is 6.92 Å². The quantitative estimate of drug-likeness (QED) is 0.128. The van der Waals surface area contributed by atoms with Crippen LogP contribution in [0.5, 0.6) is 0 Å². The number of thioether (sulfide) groups is 1. The minimum Gasteiger partial charge on any atom is -0.477 e. The predicted molar refractivity (Wildman–Crippen MR) is 121 cm³/mol. The van der Waals surface area contributed by atoms with Crippen LogP contribution < -0.4 is 11.1 Å². The van der Waals surface area contributed by atoms with Gasteiger partial charge in [0.25, 0.3) is 11.8 Å². The van der Waals surface area contributed by atoms with Crippen LogP contribution in [-0.4, -0.2) is 81.1 Å². The number of halogens is 1. The molecule has 0 unspecified atom stereocenters. The van der Waals surface area contributed by atoms with Gasteiger partial charge in [0.1, 0.15) is 53.1 Å². The van der Waals surface area contributed by atoms with Crippen molar-refractivity contribution in [1.29, 1.82) is 0 Å². The number of oxime groups is 1. The Hall–Kier alpha value is -3.17. The Bertz CT molecular complexity index is 1130. The Morgan fingerprint density at radius 1 is 1.38 bits per heavy atom. The van der Waals surface area contributed by atoms with Gasteiger partial charge in [0.15, 0.2) is 10.8 Å². The number of Topliss-reactive ketones (excluding diaryl/α,β-unsaturated/α-hetero) is 1. The number of rotatable bonds is 9. The number of carbonyl (C=O) groups is 5. The smallest absolute Gasteiger partial charge is 0.352 e. The Balaban J connectivity index is 1.75. The van der Waals surface area contributed by atoms with Crippen LogP contribution in [0.3, 0.4) is 0 Å². The van der Waals surface area contributed by atoms with Gasteiger partial charge in [-0.1, -0.05) is 28.1 Å². The lowest BCUT2D eigenvalue weighted by molar-refractivity contribution is -0.150. The molecule has 1 aromatic rings. The predicted octanol–water partition coefficient (Wildman–Crippen LogP) is -0.00990. The van der Waals surface area contributed by atoms with Crippen molar-refractivity contribution in [1.82, 2.24) is 15.2 Å². The van der Waals surface area contributed by atoms with Crippen molar-refractivity contribution in [2.45, 2.75) is 24.8 Å². The van der Waals surface area contributed by atoms with E-state index in [9.17, 15) is 29.1 Å². The SMILES string of the molecule is CON=C(C(=O)N[C@@H]1C(=O)N2C(C(=O)O)=C(COC(=O)CC(C)=O)CS[C@@H]12)c1nc(N)sc1Cl. The number of nitrogens with zero attached hydrogens (tertiary/aromatic N) is 3. The Labute approximate surface area is 205 Å². The Morgan fingerprint density at radius 2 is 2.09 bits per heavy atom. The van der Waals surface area contributed by atoms with Crippen molar-refractivity contribution < 1.29 is 38.7 Å². The zero-order valence-electron chi connectivity index (χ0n) is 17.7. The average molecular weight is 532 g/mol. The third-order valence-corrected chi connectivity index (χ3v) is 6.98. The summed E-state index contributed by atoms with van der Waals surface area (Å²) in [5.74, 6) is -3.99. The van der Waals surface area contributed by atoms with Crippen LogP contribution in [0, 0.1) is 0 Å². The zero-order valence-corrected chi connectivity index (χ0v) is 20.1. The summed E-state index contributed by atoms with van der Waals surface area (Å²) in [4.78, 5) is 69.7.